The van der Waals surface area contributed by atoms with Crippen molar-refractivity contribution in [3.05, 3.63) is 34.5 Å². The first-order valence-electron chi connectivity index (χ1n) is 8.30. The number of aromatic nitrogens is 2. The average molecular weight is 358 g/mol. The molecule has 1 heterocycles. The fourth-order valence-electron chi connectivity index (χ4n) is 3.39. The first kappa shape index (κ1) is 17.5. The second kappa shape index (κ2) is 7.26. The predicted molar refractivity (Wildman–Crippen MR) is 97.0 cm³/mol. The van der Waals surface area contributed by atoms with Gasteiger partial charge in [0.05, 0.1) is 11.3 Å². The first-order chi connectivity index (χ1) is 12.0. The molecule has 1 aliphatic carbocycles. The van der Waals surface area contributed by atoms with E-state index < -0.39 is 0 Å². The Hall–Kier alpha value is -2.36. The molecule has 1 aromatic heterocycles. The molecule has 1 fully saturated rings. The lowest BCUT2D eigenvalue weighted by Crippen LogP contribution is -2.22. The van der Waals surface area contributed by atoms with E-state index in [2.05, 4.69) is 16.0 Å². The van der Waals surface area contributed by atoms with E-state index in [1.165, 1.54) is 6.07 Å². The van der Waals surface area contributed by atoms with Gasteiger partial charge in [-0.05, 0) is 56.3 Å². The lowest BCUT2D eigenvalue weighted by atomic mass is 9.79. The Bertz CT molecular complexity index is 825. The summed E-state index contributed by atoms with van der Waals surface area (Å²) in [5, 5.41) is 20.1. The summed E-state index contributed by atoms with van der Waals surface area (Å²) in [7, 11) is 0. The van der Waals surface area contributed by atoms with E-state index >= 15 is 0 Å². The molecule has 1 aromatic carbocycles. The van der Waals surface area contributed by atoms with Gasteiger partial charge >= 0.3 is 0 Å². The Kier molecular flexibility index (Phi) is 5.07. The Morgan fingerprint density at radius 2 is 1.96 bits per heavy atom. The van der Waals surface area contributed by atoms with Crippen LogP contribution in [0.25, 0.3) is 11.4 Å². The summed E-state index contributed by atoms with van der Waals surface area (Å²) in [6, 6.07) is 6.79. The van der Waals surface area contributed by atoms with Gasteiger partial charge in [0.25, 0.3) is 0 Å². The summed E-state index contributed by atoms with van der Waals surface area (Å²) in [6.45, 7) is 0.686. The van der Waals surface area contributed by atoms with Crippen molar-refractivity contribution in [2.24, 2.45) is 11.7 Å². The number of halogens is 1. The molecule has 5 N–H and O–H groups in total. The maximum Gasteiger partial charge on any atom is 0.165 e. The van der Waals surface area contributed by atoms with Crippen LogP contribution in [0.5, 0.6) is 5.75 Å². The average Bonchev–Trinajstić information content (AvgIpc) is 2.63. The number of nitrogens with two attached hydrogens (primary N) is 2. The highest BCUT2D eigenvalue weighted by Crippen LogP contribution is 2.38. The van der Waals surface area contributed by atoms with E-state index in [4.69, 9.17) is 23.1 Å². The minimum Gasteiger partial charge on any atom is -0.507 e. The highest BCUT2D eigenvalue weighted by molar-refractivity contribution is 6.30. The van der Waals surface area contributed by atoms with E-state index in [-0.39, 0.29) is 23.3 Å². The molecule has 1 saturated carbocycles. The van der Waals surface area contributed by atoms with Gasteiger partial charge in [0.1, 0.15) is 23.2 Å². The molecule has 25 heavy (non-hydrogen) atoms. The van der Waals surface area contributed by atoms with Gasteiger partial charge in [0, 0.05) is 10.9 Å². The highest BCUT2D eigenvalue weighted by atomic mass is 35.5. The molecule has 0 atom stereocenters. The second-order valence-corrected chi connectivity index (χ2v) is 6.86. The van der Waals surface area contributed by atoms with Crippen LogP contribution in [0, 0.1) is 17.2 Å². The molecule has 3 rings (SSSR count). The first-order valence-corrected chi connectivity index (χ1v) is 8.67. The van der Waals surface area contributed by atoms with Crippen LogP contribution in [-0.4, -0.2) is 21.6 Å². The third kappa shape index (κ3) is 3.53. The third-order valence-corrected chi connectivity index (χ3v) is 5.08. The number of anilines is 1. The van der Waals surface area contributed by atoms with Crippen molar-refractivity contribution < 1.29 is 5.11 Å². The van der Waals surface area contributed by atoms with Crippen molar-refractivity contribution in [1.82, 2.24) is 9.97 Å². The molecule has 2 aromatic rings. The third-order valence-electron chi connectivity index (χ3n) is 4.84. The van der Waals surface area contributed by atoms with Crippen molar-refractivity contribution >= 4 is 17.4 Å². The van der Waals surface area contributed by atoms with Gasteiger partial charge in [0.2, 0.25) is 0 Å². The molecule has 0 saturated heterocycles. The molecule has 130 valence electrons. The molecule has 6 nitrogen and oxygen atoms in total. The molecule has 0 radical (unpaired) electrons. The molecule has 1 aliphatic rings. The standard InChI is InChI=1S/C18H20ClN5O/c19-12-5-6-15(25)13(7-12)18-23-16(14(9-21)17(22)24-18)11-3-1-10(8-20)2-4-11/h5-7,10-11,25H,1-4,8,20H2,(H2,22,23,24). The number of hydrogen-bond acceptors (Lipinski definition) is 6. The Balaban J connectivity index is 2.05. The summed E-state index contributed by atoms with van der Waals surface area (Å²) >= 11 is 6.02. The molecular formula is C18H20ClN5O. The number of nitriles is 1. The summed E-state index contributed by atoms with van der Waals surface area (Å²) < 4.78 is 0. The number of aromatic hydroxyl groups is 1. The fraction of sp³-hybridized carbons (Fsp3) is 0.389. The summed E-state index contributed by atoms with van der Waals surface area (Å²) in [4.78, 5) is 8.80. The van der Waals surface area contributed by atoms with Gasteiger partial charge in [-0.3, -0.25) is 0 Å². The minimum absolute atomic E-state index is 0.0197. The highest BCUT2D eigenvalue weighted by Gasteiger charge is 2.27. The van der Waals surface area contributed by atoms with E-state index in [0.717, 1.165) is 25.7 Å². The van der Waals surface area contributed by atoms with Crippen LogP contribution in [0.1, 0.15) is 42.9 Å². The second-order valence-electron chi connectivity index (χ2n) is 6.42. The molecule has 0 spiro atoms. The van der Waals surface area contributed by atoms with Crippen LogP contribution < -0.4 is 11.5 Å². The van der Waals surface area contributed by atoms with Crippen molar-refractivity contribution in [3.8, 4) is 23.2 Å². The largest absolute Gasteiger partial charge is 0.507 e. The summed E-state index contributed by atoms with van der Waals surface area (Å²) in [5.74, 6) is 1.10. The van der Waals surface area contributed by atoms with Crippen LogP contribution in [-0.2, 0) is 0 Å². The van der Waals surface area contributed by atoms with Crippen LogP contribution in [0.3, 0.4) is 0 Å². The number of nitrogens with zero attached hydrogens (tertiary/aromatic N) is 3. The molecule has 0 aliphatic heterocycles. The maximum absolute atomic E-state index is 10.1. The zero-order valence-electron chi connectivity index (χ0n) is 13.7. The smallest absolute Gasteiger partial charge is 0.165 e. The Morgan fingerprint density at radius 1 is 1.24 bits per heavy atom. The Morgan fingerprint density at radius 3 is 2.60 bits per heavy atom. The van der Waals surface area contributed by atoms with E-state index in [1.54, 1.807) is 12.1 Å². The lowest BCUT2D eigenvalue weighted by Gasteiger charge is -2.28. The van der Waals surface area contributed by atoms with Crippen LogP contribution >= 0.6 is 11.6 Å². The van der Waals surface area contributed by atoms with Gasteiger partial charge in [-0.25, -0.2) is 9.97 Å². The SMILES string of the molecule is N#Cc1c(N)nc(-c2cc(Cl)ccc2O)nc1C1CCC(CN)CC1. The van der Waals surface area contributed by atoms with Crippen molar-refractivity contribution in [2.75, 3.05) is 12.3 Å². The summed E-state index contributed by atoms with van der Waals surface area (Å²) in [6.07, 6.45) is 3.84. The molecule has 0 unspecified atom stereocenters. The topological polar surface area (TPSA) is 122 Å². The number of rotatable bonds is 3. The molecule has 7 heteroatoms. The number of phenols is 1. The van der Waals surface area contributed by atoms with Gasteiger partial charge < -0.3 is 16.6 Å². The van der Waals surface area contributed by atoms with Gasteiger partial charge in [-0.15, -0.1) is 0 Å². The molecular weight excluding hydrogens is 338 g/mol. The zero-order chi connectivity index (χ0) is 18.0. The van der Waals surface area contributed by atoms with E-state index in [0.29, 0.717) is 34.3 Å². The maximum atomic E-state index is 10.1. The van der Waals surface area contributed by atoms with Crippen molar-refractivity contribution in [1.29, 1.82) is 5.26 Å². The minimum atomic E-state index is 0.0197. The Labute approximate surface area is 151 Å². The fourth-order valence-corrected chi connectivity index (χ4v) is 3.56. The van der Waals surface area contributed by atoms with Gasteiger partial charge in [0.15, 0.2) is 5.82 Å². The van der Waals surface area contributed by atoms with Crippen molar-refractivity contribution in [3.63, 3.8) is 0 Å². The summed E-state index contributed by atoms with van der Waals surface area (Å²) in [5.41, 5.74) is 13.1. The van der Waals surface area contributed by atoms with Crippen molar-refractivity contribution in [2.45, 2.75) is 31.6 Å². The van der Waals surface area contributed by atoms with E-state index in [9.17, 15) is 10.4 Å². The zero-order valence-corrected chi connectivity index (χ0v) is 14.5. The van der Waals surface area contributed by atoms with Crippen LogP contribution in [0.2, 0.25) is 5.02 Å². The van der Waals surface area contributed by atoms with Crippen LogP contribution in [0.15, 0.2) is 18.2 Å². The predicted octanol–water partition coefficient (Wildman–Crippen LogP) is 3.19. The van der Waals surface area contributed by atoms with Gasteiger partial charge in [-0.2, -0.15) is 5.26 Å². The monoisotopic (exact) mass is 357 g/mol. The lowest BCUT2D eigenvalue weighted by molar-refractivity contribution is 0.329. The van der Waals surface area contributed by atoms with Crippen LogP contribution in [0.4, 0.5) is 5.82 Å². The number of hydrogen-bond donors (Lipinski definition) is 3. The van der Waals surface area contributed by atoms with E-state index in [1.807, 2.05) is 0 Å². The normalized spacial score (nSPS) is 20.2. The quantitative estimate of drug-likeness (QED) is 0.775. The number of nitrogen functional groups attached to an aromatic ring is 1. The number of phenolic OH excluding ortho intramolecular Hbond substituents is 1. The molecule has 0 amide bonds. The molecule has 0 bridgehead atoms. The van der Waals surface area contributed by atoms with Gasteiger partial charge in [-0.1, -0.05) is 11.6 Å². The number of benzene rings is 1.